The van der Waals surface area contributed by atoms with Crippen molar-refractivity contribution in [2.24, 2.45) is 11.8 Å². The zero-order valence-corrected chi connectivity index (χ0v) is 19.6. The van der Waals surface area contributed by atoms with Gasteiger partial charge in [0.2, 0.25) is 5.91 Å². The summed E-state index contributed by atoms with van der Waals surface area (Å²) in [6.45, 7) is 2.23. The average molecular weight is 462 g/mol. The molecule has 1 aromatic heterocycles. The van der Waals surface area contributed by atoms with Crippen molar-refractivity contribution >= 4 is 34.5 Å². The predicted octanol–water partition coefficient (Wildman–Crippen LogP) is 4.84. The molecule has 0 aliphatic heterocycles. The van der Waals surface area contributed by atoms with Crippen molar-refractivity contribution in [2.45, 2.75) is 95.8 Å². The van der Waals surface area contributed by atoms with Gasteiger partial charge in [-0.1, -0.05) is 13.0 Å². The van der Waals surface area contributed by atoms with Gasteiger partial charge in [-0.2, -0.15) is 0 Å². The van der Waals surface area contributed by atoms with Gasteiger partial charge in [-0.05, 0) is 88.2 Å². The molecule has 0 radical (unpaired) electrons. The molecule has 0 spiro atoms. The van der Waals surface area contributed by atoms with E-state index < -0.39 is 5.97 Å². The van der Waals surface area contributed by atoms with Gasteiger partial charge in [0.25, 0.3) is 0 Å². The number of hydrogen-bond acceptors (Lipinski definition) is 5. The fourth-order valence-corrected chi connectivity index (χ4v) is 6.49. The molecule has 3 aliphatic rings. The van der Waals surface area contributed by atoms with E-state index in [-0.39, 0.29) is 35.0 Å². The highest BCUT2D eigenvalue weighted by molar-refractivity contribution is 7.15. The first-order valence-corrected chi connectivity index (χ1v) is 12.9. The lowest BCUT2D eigenvalue weighted by Crippen LogP contribution is -2.47. The summed E-state index contributed by atoms with van der Waals surface area (Å²) in [4.78, 5) is 28.9. The van der Waals surface area contributed by atoms with Crippen LogP contribution < -0.4 is 4.90 Å². The monoisotopic (exact) mass is 461 g/mol. The number of nitrogens with zero attached hydrogens (tertiary/aromatic N) is 1. The van der Waals surface area contributed by atoms with E-state index >= 15 is 0 Å². The van der Waals surface area contributed by atoms with Crippen LogP contribution in [0.3, 0.4) is 0 Å². The number of carboxylic acids is 1. The standard InChI is InChI=1S/C25H35NO5S/c1-15-2-4-17(5-3-15)24(29)26(18-8-12-20(28)13-9-18)21-14-22(32-23(21)25(30)31)16-6-10-19(27)11-7-16/h6,14-15,17-20,27-28H,2-5,7-13H2,1H3,(H,30,31). The summed E-state index contributed by atoms with van der Waals surface area (Å²) >= 11 is 1.24. The van der Waals surface area contributed by atoms with Gasteiger partial charge in [-0.25, -0.2) is 4.79 Å². The molecule has 1 atom stereocenters. The number of hydrogen-bond donors (Lipinski definition) is 3. The molecule has 32 heavy (non-hydrogen) atoms. The summed E-state index contributed by atoms with van der Waals surface area (Å²) < 4.78 is 0. The fraction of sp³-hybridized carbons (Fsp3) is 0.680. The molecular weight excluding hydrogens is 426 g/mol. The van der Waals surface area contributed by atoms with Gasteiger partial charge in [-0.15, -0.1) is 11.3 Å². The molecule has 7 heteroatoms. The van der Waals surface area contributed by atoms with Crippen molar-refractivity contribution in [3.8, 4) is 0 Å². The van der Waals surface area contributed by atoms with Crippen LogP contribution in [0, 0.1) is 11.8 Å². The van der Waals surface area contributed by atoms with Gasteiger partial charge < -0.3 is 20.2 Å². The van der Waals surface area contributed by atoms with E-state index in [0.29, 0.717) is 56.6 Å². The van der Waals surface area contributed by atoms with Crippen LogP contribution in [0.1, 0.15) is 92.1 Å². The van der Waals surface area contributed by atoms with Crippen LogP contribution in [0.25, 0.3) is 5.57 Å². The topological polar surface area (TPSA) is 98.1 Å². The first kappa shape index (κ1) is 23.5. The fourth-order valence-electron chi connectivity index (χ4n) is 5.43. The molecule has 0 bridgehead atoms. The minimum absolute atomic E-state index is 0.0539. The number of aliphatic hydroxyl groups is 2. The van der Waals surface area contributed by atoms with Crippen molar-refractivity contribution in [1.82, 2.24) is 0 Å². The van der Waals surface area contributed by atoms with Crippen LogP contribution in [0.2, 0.25) is 0 Å². The van der Waals surface area contributed by atoms with Crippen molar-refractivity contribution < 1.29 is 24.9 Å². The van der Waals surface area contributed by atoms with Gasteiger partial charge in [-0.3, -0.25) is 4.79 Å². The second kappa shape index (κ2) is 10.1. The lowest BCUT2D eigenvalue weighted by molar-refractivity contribution is -0.124. The SMILES string of the molecule is CC1CCC(C(=O)N(c2cc(C3=CCC(O)CC3)sc2C(=O)O)C2CCC(O)CC2)CC1. The molecule has 3 aliphatic carbocycles. The van der Waals surface area contributed by atoms with Gasteiger partial charge >= 0.3 is 5.97 Å². The van der Waals surface area contributed by atoms with Crippen molar-refractivity contribution in [3.05, 3.63) is 21.9 Å². The Balaban J connectivity index is 1.69. The maximum Gasteiger partial charge on any atom is 0.348 e. The molecule has 3 N–H and O–H groups in total. The van der Waals surface area contributed by atoms with Crippen LogP contribution in [0.5, 0.6) is 0 Å². The number of amides is 1. The summed E-state index contributed by atoms with van der Waals surface area (Å²) in [7, 11) is 0. The number of aromatic carboxylic acids is 1. The Labute approximate surface area is 193 Å². The normalized spacial score (nSPS) is 31.1. The average Bonchev–Trinajstić information content (AvgIpc) is 3.21. The van der Waals surface area contributed by atoms with Crippen LogP contribution >= 0.6 is 11.3 Å². The Kier molecular flexibility index (Phi) is 7.37. The van der Waals surface area contributed by atoms with Gasteiger partial charge in [0.15, 0.2) is 0 Å². The molecule has 2 fully saturated rings. The van der Waals surface area contributed by atoms with Gasteiger partial charge in [0.1, 0.15) is 4.88 Å². The molecule has 1 amide bonds. The molecule has 1 heterocycles. The summed E-state index contributed by atoms with van der Waals surface area (Å²) in [6, 6.07) is 1.82. The Bertz CT molecular complexity index is 862. The zero-order chi connectivity index (χ0) is 22.8. The highest BCUT2D eigenvalue weighted by Crippen LogP contribution is 2.42. The second-order valence-corrected chi connectivity index (χ2v) is 11.0. The molecule has 1 aromatic rings. The number of carbonyl (C=O) groups is 2. The Morgan fingerprint density at radius 1 is 0.969 bits per heavy atom. The molecule has 2 saturated carbocycles. The molecule has 176 valence electrons. The molecule has 0 aromatic carbocycles. The summed E-state index contributed by atoms with van der Waals surface area (Å²) in [5, 5.41) is 29.8. The van der Waals surface area contributed by atoms with Crippen molar-refractivity contribution in [3.63, 3.8) is 0 Å². The van der Waals surface area contributed by atoms with E-state index in [4.69, 9.17) is 0 Å². The van der Waals surface area contributed by atoms with Crippen LogP contribution in [0.4, 0.5) is 5.69 Å². The summed E-state index contributed by atoms with van der Waals surface area (Å²) in [5.41, 5.74) is 1.58. The highest BCUT2D eigenvalue weighted by Gasteiger charge is 2.37. The lowest BCUT2D eigenvalue weighted by atomic mass is 9.81. The third-order valence-corrected chi connectivity index (χ3v) is 8.69. The molecule has 1 unspecified atom stereocenters. The van der Waals surface area contributed by atoms with E-state index in [1.54, 1.807) is 4.90 Å². The second-order valence-electron chi connectivity index (χ2n) is 9.92. The number of aliphatic hydroxyl groups excluding tert-OH is 2. The predicted molar refractivity (Wildman–Crippen MR) is 126 cm³/mol. The molecule has 6 nitrogen and oxygen atoms in total. The minimum Gasteiger partial charge on any atom is -0.477 e. The third kappa shape index (κ3) is 5.10. The van der Waals surface area contributed by atoms with Gasteiger partial charge in [0, 0.05) is 16.8 Å². The smallest absolute Gasteiger partial charge is 0.348 e. The number of carboxylic acid groups (broad SMARTS) is 1. The maximum atomic E-state index is 13.8. The van der Waals surface area contributed by atoms with E-state index in [1.807, 2.05) is 12.1 Å². The number of carbonyl (C=O) groups excluding carboxylic acids is 1. The molecule has 0 saturated heterocycles. The summed E-state index contributed by atoms with van der Waals surface area (Å²) in [6.07, 6.45) is 9.72. The Morgan fingerprint density at radius 3 is 2.25 bits per heavy atom. The zero-order valence-electron chi connectivity index (χ0n) is 18.8. The van der Waals surface area contributed by atoms with E-state index in [2.05, 4.69) is 6.92 Å². The molecule has 4 rings (SSSR count). The first-order chi connectivity index (χ1) is 15.3. The number of thiophene rings is 1. The van der Waals surface area contributed by atoms with Crippen LogP contribution in [-0.2, 0) is 4.79 Å². The first-order valence-electron chi connectivity index (χ1n) is 12.1. The quantitative estimate of drug-likeness (QED) is 0.583. The van der Waals surface area contributed by atoms with Crippen LogP contribution in [-0.4, -0.2) is 45.4 Å². The number of anilines is 1. The largest absolute Gasteiger partial charge is 0.477 e. The van der Waals surface area contributed by atoms with Crippen molar-refractivity contribution in [1.29, 1.82) is 0 Å². The summed E-state index contributed by atoms with van der Waals surface area (Å²) in [5.74, 6) is -0.378. The third-order valence-electron chi connectivity index (χ3n) is 7.50. The van der Waals surface area contributed by atoms with Crippen molar-refractivity contribution in [2.75, 3.05) is 4.90 Å². The van der Waals surface area contributed by atoms with E-state index in [0.717, 1.165) is 36.1 Å². The maximum absolute atomic E-state index is 13.8. The molecular formula is C25H35NO5S. The number of allylic oxidation sites excluding steroid dienone is 1. The van der Waals surface area contributed by atoms with Crippen LogP contribution in [0.15, 0.2) is 12.1 Å². The Morgan fingerprint density at radius 2 is 1.66 bits per heavy atom. The van der Waals surface area contributed by atoms with E-state index in [1.165, 1.54) is 11.3 Å². The minimum atomic E-state index is -1.00. The van der Waals surface area contributed by atoms with E-state index in [9.17, 15) is 24.9 Å². The van der Waals surface area contributed by atoms with Gasteiger partial charge in [0.05, 0.1) is 17.9 Å². The number of rotatable bonds is 5. The Hall–Kier alpha value is -1.70. The highest BCUT2D eigenvalue weighted by atomic mass is 32.1. The lowest BCUT2D eigenvalue weighted by Gasteiger charge is -2.38.